The Kier molecular flexibility index (Phi) is 6.61. The number of halogens is 2. The monoisotopic (exact) mass is 465 g/mol. The Morgan fingerprint density at radius 1 is 1.15 bits per heavy atom. The minimum absolute atomic E-state index is 0.0233. The Labute approximate surface area is 195 Å². The van der Waals surface area contributed by atoms with Crippen molar-refractivity contribution in [3.8, 4) is 16.9 Å². The molecule has 0 aliphatic carbocycles. The molecule has 3 N–H and O–H groups in total. The fourth-order valence-electron chi connectivity index (χ4n) is 4.05. The Bertz CT molecular complexity index is 1370. The Morgan fingerprint density at radius 3 is 2.65 bits per heavy atom. The van der Waals surface area contributed by atoms with E-state index in [4.69, 9.17) is 15.6 Å². The molecule has 176 valence electrons. The van der Waals surface area contributed by atoms with Crippen LogP contribution >= 0.6 is 0 Å². The van der Waals surface area contributed by atoms with Crippen LogP contribution in [0.1, 0.15) is 36.7 Å². The van der Waals surface area contributed by atoms with Gasteiger partial charge < -0.3 is 20.1 Å². The summed E-state index contributed by atoms with van der Waals surface area (Å²) in [4.78, 5) is 15.2. The van der Waals surface area contributed by atoms with Crippen molar-refractivity contribution < 1.29 is 23.4 Å². The average molecular weight is 466 g/mol. The van der Waals surface area contributed by atoms with Crippen molar-refractivity contribution in [1.82, 2.24) is 9.55 Å². The molecule has 8 heteroatoms. The van der Waals surface area contributed by atoms with Gasteiger partial charge in [-0.2, -0.15) is 0 Å². The third-order valence-electron chi connectivity index (χ3n) is 5.66. The number of ether oxygens (including phenoxy) is 1. The molecule has 2 heterocycles. The molecule has 0 aliphatic heterocycles. The normalized spacial score (nSPS) is 11.4. The summed E-state index contributed by atoms with van der Waals surface area (Å²) >= 11 is 0. The summed E-state index contributed by atoms with van der Waals surface area (Å²) in [5.41, 5.74) is 8.85. The summed E-state index contributed by atoms with van der Waals surface area (Å²) < 4.78 is 36.9. The minimum Gasteiger partial charge on any atom is -0.488 e. The maximum Gasteiger partial charge on any atom is 0.307 e. The van der Waals surface area contributed by atoms with Crippen molar-refractivity contribution in [2.45, 2.75) is 39.5 Å². The van der Waals surface area contributed by atoms with Crippen LogP contribution in [0.2, 0.25) is 0 Å². The number of carboxylic acid groups (broad SMARTS) is 1. The second-order valence-corrected chi connectivity index (χ2v) is 8.33. The zero-order valence-electron chi connectivity index (χ0n) is 18.9. The van der Waals surface area contributed by atoms with E-state index in [9.17, 15) is 9.18 Å². The summed E-state index contributed by atoms with van der Waals surface area (Å²) in [5, 5.41) is 10.0. The fraction of sp³-hybridized carbons (Fsp3) is 0.231. The van der Waals surface area contributed by atoms with Gasteiger partial charge in [-0.05, 0) is 55.3 Å². The van der Waals surface area contributed by atoms with Gasteiger partial charge in [0.2, 0.25) is 0 Å². The molecule has 4 rings (SSSR count). The predicted molar refractivity (Wildman–Crippen MR) is 125 cm³/mol. The molecule has 0 amide bonds. The molecule has 6 nitrogen and oxygen atoms in total. The molecular formula is C26H25F2N3O3. The number of aliphatic carboxylic acids is 1. The predicted octanol–water partition coefficient (Wildman–Crippen LogP) is 5.23. The molecule has 0 bridgehead atoms. The lowest BCUT2D eigenvalue weighted by molar-refractivity contribution is -0.136. The lowest BCUT2D eigenvalue weighted by Gasteiger charge is -2.15. The number of aromatic nitrogens is 2. The van der Waals surface area contributed by atoms with Gasteiger partial charge in [0.25, 0.3) is 0 Å². The number of fused-ring (bicyclic) bond motifs is 1. The molecule has 0 unspecified atom stereocenters. The summed E-state index contributed by atoms with van der Waals surface area (Å²) in [6, 6.07) is 11.2. The number of nitrogens with two attached hydrogens (primary N) is 1. The second-order valence-electron chi connectivity index (χ2n) is 8.33. The van der Waals surface area contributed by atoms with E-state index in [0.29, 0.717) is 16.7 Å². The minimum atomic E-state index is -1.04. The van der Waals surface area contributed by atoms with Gasteiger partial charge in [0.15, 0.2) is 5.82 Å². The molecule has 2 aromatic carbocycles. The van der Waals surface area contributed by atoms with Gasteiger partial charge in [0.1, 0.15) is 18.2 Å². The van der Waals surface area contributed by atoms with Gasteiger partial charge in [-0.1, -0.05) is 6.07 Å². The summed E-state index contributed by atoms with van der Waals surface area (Å²) in [5.74, 6) is -1.89. The van der Waals surface area contributed by atoms with E-state index in [2.05, 4.69) is 9.55 Å². The van der Waals surface area contributed by atoms with Crippen molar-refractivity contribution in [2.75, 3.05) is 0 Å². The number of rotatable bonds is 8. The Morgan fingerprint density at radius 2 is 1.94 bits per heavy atom. The van der Waals surface area contributed by atoms with E-state index in [1.165, 1.54) is 24.4 Å². The van der Waals surface area contributed by atoms with Gasteiger partial charge in [-0.15, -0.1) is 0 Å². The Balaban J connectivity index is 1.80. The first-order valence-electron chi connectivity index (χ1n) is 10.9. The maximum atomic E-state index is 15.2. The van der Waals surface area contributed by atoms with Crippen molar-refractivity contribution in [3.63, 3.8) is 0 Å². The molecule has 34 heavy (non-hydrogen) atoms. The lowest BCUT2D eigenvalue weighted by Crippen LogP contribution is -2.06. The number of carboxylic acids is 1. The average Bonchev–Trinajstić information content (AvgIpc) is 3.23. The molecule has 0 fully saturated rings. The highest BCUT2D eigenvalue weighted by Gasteiger charge is 2.17. The topological polar surface area (TPSA) is 90.4 Å². The van der Waals surface area contributed by atoms with E-state index >= 15 is 4.39 Å². The third-order valence-corrected chi connectivity index (χ3v) is 5.66. The quantitative estimate of drug-likeness (QED) is 0.372. The van der Waals surface area contributed by atoms with Crippen LogP contribution < -0.4 is 10.5 Å². The van der Waals surface area contributed by atoms with Gasteiger partial charge in [-0.3, -0.25) is 9.78 Å². The van der Waals surface area contributed by atoms with Crippen molar-refractivity contribution in [3.05, 3.63) is 83.3 Å². The van der Waals surface area contributed by atoms with Crippen LogP contribution in [-0.2, 0) is 24.4 Å². The van der Waals surface area contributed by atoms with Crippen LogP contribution in [0.25, 0.3) is 22.0 Å². The number of nitrogens with zero attached hydrogens (tertiary/aromatic N) is 2. The highest BCUT2D eigenvalue weighted by Crippen LogP contribution is 2.35. The van der Waals surface area contributed by atoms with Crippen LogP contribution in [0.5, 0.6) is 5.75 Å². The van der Waals surface area contributed by atoms with E-state index < -0.39 is 17.6 Å². The second kappa shape index (κ2) is 9.61. The van der Waals surface area contributed by atoms with E-state index in [1.807, 2.05) is 38.2 Å². The lowest BCUT2D eigenvalue weighted by atomic mass is 9.98. The van der Waals surface area contributed by atoms with E-state index in [0.717, 1.165) is 16.5 Å². The van der Waals surface area contributed by atoms with Gasteiger partial charge >= 0.3 is 5.97 Å². The van der Waals surface area contributed by atoms with E-state index in [1.54, 1.807) is 6.07 Å². The van der Waals surface area contributed by atoms with Crippen LogP contribution in [-0.4, -0.2) is 20.6 Å². The first-order valence-corrected chi connectivity index (χ1v) is 10.9. The number of benzene rings is 2. The molecular weight excluding hydrogens is 440 g/mol. The van der Waals surface area contributed by atoms with Crippen LogP contribution in [0.15, 0.2) is 54.9 Å². The molecule has 4 aromatic rings. The molecule has 0 radical (unpaired) electrons. The maximum absolute atomic E-state index is 15.2. The Hall–Kier alpha value is -3.78. The standard InChI is InChI=1S/C26H25F2N3O3/c1-15(2)31-8-6-19-21(20-5-7-30-22(13-29)26(20)28)9-16(10-23(19)31)14-34-24-12-18(27)4-3-17(24)11-25(32)33/h3-10,12,15H,11,13-14,29H2,1-2H3,(H,32,33). The summed E-state index contributed by atoms with van der Waals surface area (Å²) in [7, 11) is 0. The van der Waals surface area contributed by atoms with Crippen molar-refractivity contribution >= 4 is 16.9 Å². The molecule has 0 atom stereocenters. The first kappa shape index (κ1) is 23.4. The van der Waals surface area contributed by atoms with Crippen LogP contribution in [0, 0.1) is 11.6 Å². The highest BCUT2D eigenvalue weighted by molar-refractivity contribution is 5.96. The number of carbonyl (C=O) groups is 1. The number of hydrogen-bond donors (Lipinski definition) is 2. The molecule has 0 saturated heterocycles. The summed E-state index contributed by atoms with van der Waals surface area (Å²) in [6.07, 6.45) is 3.18. The van der Waals surface area contributed by atoms with Crippen molar-refractivity contribution in [2.24, 2.45) is 5.73 Å². The van der Waals surface area contributed by atoms with E-state index in [-0.39, 0.29) is 37.1 Å². The SMILES string of the molecule is CC(C)n1ccc2c(-c3ccnc(CN)c3F)cc(COc3cc(F)ccc3CC(=O)O)cc21. The molecule has 0 aliphatic rings. The van der Waals surface area contributed by atoms with Crippen LogP contribution in [0.4, 0.5) is 8.78 Å². The largest absolute Gasteiger partial charge is 0.488 e. The zero-order chi connectivity index (χ0) is 24.4. The zero-order valence-corrected chi connectivity index (χ0v) is 18.9. The van der Waals surface area contributed by atoms with Gasteiger partial charge in [0, 0.05) is 53.1 Å². The smallest absolute Gasteiger partial charge is 0.307 e. The van der Waals surface area contributed by atoms with Crippen molar-refractivity contribution in [1.29, 1.82) is 0 Å². The molecule has 2 aromatic heterocycles. The number of pyridine rings is 1. The fourth-order valence-corrected chi connectivity index (χ4v) is 4.05. The van der Waals surface area contributed by atoms with Gasteiger partial charge in [0.05, 0.1) is 12.1 Å². The molecule has 0 spiro atoms. The molecule has 0 saturated carbocycles. The third kappa shape index (κ3) is 4.63. The first-order chi connectivity index (χ1) is 16.3. The van der Waals surface area contributed by atoms with Gasteiger partial charge in [-0.25, -0.2) is 8.78 Å². The number of hydrogen-bond acceptors (Lipinski definition) is 4. The summed E-state index contributed by atoms with van der Waals surface area (Å²) in [6.45, 7) is 4.11. The highest BCUT2D eigenvalue weighted by atomic mass is 19.1. The van der Waals surface area contributed by atoms with Crippen LogP contribution in [0.3, 0.4) is 0 Å².